The number of hydrogen-bond donors (Lipinski definition) is 2. The monoisotopic (exact) mass is 411 g/mol. The van der Waals surface area contributed by atoms with Crippen LogP contribution in [0.5, 0.6) is 5.75 Å². The van der Waals surface area contributed by atoms with Crippen LogP contribution >= 0.6 is 0 Å². The molecule has 0 atom stereocenters. The summed E-state index contributed by atoms with van der Waals surface area (Å²) in [5.74, 6) is -0.688. The van der Waals surface area contributed by atoms with E-state index >= 15 is 0 Å². The lowest BCUT2D eigenvalue weighted by Crippen LogP contribution is -2.25. The smallest absolute Gasteiger partial charge is 0.387 e. The number of aryl methyl sites for hydroxylation is 1. The molecule has 0 saturated carbocycles. The van der Waals surface area contributed by atoms with Crippen molar-refractivity contribution in [3.63, 3.8) is 0 Å². The van der Waals surface area contributed by atoms with Gasteiger partial charge in [0.25, 0.3) is 11.8 Å². The van der Waals surface area contributed by atoms with Crippen LogP contribution in [0.25, 0.3) is 0 Å². The lowest BCUT2D eigenvalue weighted by atomic mass is 10.1. The Morgan fingerprint density at radius 1 is 1.00 bits per heavy atom. The molecule has 1 aromatic heterocycles. The lowest BCUT2D eigenvalue weighted by Gasteiger charge is -2.14. The second kappa shape index (κ2) is 9.60. The highest BCUT2D eigenvalue weighted by Gasteiger charge is 2.16. The molecule has 3 aromatic rings. The standard InChI is InChI=1S/C22H19F2N3O3/c1-14-3-2-4-18(19(14)27-20(28)16-9-11-25-12-10-16)21(29)26-13-15-5-7-17(8-6-15)30-22(23)24/h2-12,22H,13H2,1H3,(H,26,29)(H,27,28). The fraction of sp³-hybridized carbons (Fsp3) is 0.136. The Morgan fingerprint density at radius 3 is 2.37 bits per heavy atom. The Hall–Kier alpha value is -3.81. The maximum atomic E-state index is 12.7. The van der Waals surface area contributed by atoms with E-state index in [-0.39, 0.29) is 24.1 Å². The van der Waals surface area contributed by atoms with Crippen molar-refractivity contribution < 1.29 is 23.1 Å². The number of aromatic nitrogens is 1. The van der Waals surface area contributed by atoms with Crippen LogP contribution in [-0.2, 0) is 6.54 Å². The number of rotatable bonds is 7. The van der Waals surface area contributed by atoms with Crippen molar-refractivity contribution in [1.82, 2.24) is 10.3 Å². The number of nitrogens with one attached hydrogen (secondary N) is 2. The predicted molar refractivity (Wildman–Crippen MR) is 108 cm³/mol. The summed E-state index contributed by atoms with van der Waals surface area (Å²) in [7, 11) is 0. The number of ether oxygens (including phenoxy) is 1. The van der Waals surface area contributed by atoms with E-state index in [0.717, 1.165) is 5.56 Å². The predicted octanol–water partition coefficient (Wildman–Crippen LogP) is 4.17. The van der Waals surface area contributed by atoms with E-state index in [1.54, 1.807) is 49.4 Å². The highest BCUT2D eigenvalue weighted by molar-refractivity contribution is 6.09. The molecule has 0 bridgehead atoms. The van der Waals surface area contributed by atoms with E-state index in [1.165, 1.54) is 24.5 Å². The van der Waals surface area contributed by atoms with Crippen LogP contribution in [0.4, 0.5) is 14.5 Å². The SMILES string of the molecule is Cc1cccc(C(=O)NCc2ccc(OC(F)F)cc2)c1NC(=O)c1ccncc1. The van der Waals surface area contributed by atoms with Gasteiger partial charge in [0.15, 0.2) is 0 Å². The molecule has 0 aliphatic rings. The van der Waals surface area contributed by atoms with Crippen LogP contribution in [-0.4, -0.2) is 23.4 Å². The molecule has 30 heavy (non-hydrogen) atoms. The molecule has 0 fully saturated rings. The zero-order valence-electron chi connectivity index (χ0n) is 16.1. The first-order valence-corrected chi connectivity index (χ1v) is 9.07. The van der Waals surface area contributed by atoms with Crippen LogP contribution in [0.15, 0.2) is 67.0 Å². The van der Waals surface area contributed by atoms with Gasteiger partial charge in [0.1, 0.15) is 5.75 Å². The number of carbonyl (C=O) groups is 2. The topological polar surface area (TPSA) is 80.3 Å². The highest BCUT2D eigenvalue weighted by atomic mass is 19.3. The van der Waals surface area contributed by atoms with E-state index in [1.807, 2.05) is 0 Å². The molecule has 0 unspecified atom stereocenters. The third kappa shape index (κ3) is 5.38. The summed E-state index contributed by atoms with van der Waals surface area (Å²) in [5, 5.41) is 5.55. The van der Waals surface area contributed by atoms with Crippen LogP contribution in [0.2, 0.25) is 0 Å². The van der Waals surface area contributed by atoms with Crippen molar-refractivity contribution in [2.24, 2.45) is 0 Å². The number of alkyl halides is 2. The third-order valence-corrected chi connectivity index (χ3v) is 4.30. The molecule has 154 valence electrons. The number of amides is 2. The molecule has 8 heteroatoms. The molecular formula is C22H19F2N3O3. The van der Waals surface area contributed by atoms with Gasteiger partial charge in [0, 0.05) is 24.5 Å². The Bertz CT molecular complexity index is 1030. The van der Waals surface area contributed by atoms with Crippen molar-refractivity contribution >= 4 is 17.5 Å². The summed E-state index contributed by atoms with van der Waals surface area (Å²) in [6, 6.07) is 14.3. The quantitative estimate of drug-likeness (QED) is 0.611. The van der Waals surface area contributed by atoms with Gasteiger partial charge in [0.2, 0.25) is 0 Å². The average molecular weight is 411 g/mol. The fourth-order valence-corrected chi connectivity index (χ4v) is 2.78. The lowest BCUT2D eigenvalue weighted by molar-refractivity contribution is -0.0498. The Labute approximate surface area is 171 Å². The summed E-state index contributed by atoms with van der Waals surface area (Å²) in [4.78, 5) is 29.1. The van der Waals surface area contributed by atoms with Crippen molar-refractivity contribution in [2.45, 2.75) is 20.1 Å². The Morgan fingerprint density at radius 2 is 1.70 bits per heavy atom. The summed E-state index contributed by atoms with van der Waals surface area (Å²) < 4.78 is 28.7. The van der Waals surface area contributed by atoms with Crippen molar-refractivity contribution in [3.05, 3.63) is 89.2 Å². The molecule has 2 aromatic carbocycles. The number of anilines is 1. The Kier molecular flexibility index (Phi) is 6.69. The minimum absolute atomic E-state index is 0.0415. The zero-order valence-corrected chi connectivity index (χ0v) is 16.1. The summed E-state index contributed by atoms with van der Waals surface area (Å²) >= 11 is 0. The van der Waals surface area contributed by atoms with E-state index < -0.39 is 6.61 Å². The van der Waals surface area contributed by atoms with Crippen molar-refractivity contribution in [3.8, 4) is 5.75 Å². The maximum absolute atomic E-state index is 12.7. The molecule has 0 aliphatic heterocycles. The molecule has 0 aliphatic carbocycles. The number of pyridine rings is 1. The van der Waals surface area contributed by atoms with Crippen molar-refractivity contribution in [2.75, 3.05) is 5.32 Å². The van der Waals surface area contributed by atoms with Gasteiger partial charge in [-0.15, -0.1) is 0 Å². The molecule has 2 N–H and O–H groups in total. The number of nitrogens with zero attached hydrogens (tertiary/aromatic N) is 1. The molecular weight excluding hydrogens is 392 g/mol. The van der Waals surface area contributed by atoms with Crippen molar-refractivity contribution in [1.29, 1.82) is 0 Å². The number of carbonyl (C=O) groups excluding carboxylic acids is 2. The van der Waals surface area contributed by atoms with Gasteiger partial charge in [-0.1, -0.05) is 24.3 Å². The average Bonchev–Trinajstić information content (AvgIpc) is 2.74. The second-order valence-corrected chi connectivity index (χ2v) is 6.39. The molecule has 6 nitrogen and oxygen atoms in total. The fourth-order valence-electron chi connectivity index (χ4n) is 2.78. The van der Waals surface area contributed by atoms with Crippen LogP contribution < -0.4 is 15.4 Å². The van der Waals surface area contributed by atoms with E-state index in [4.69, 9.17) is 0 Å². The molecule has 0 radical (unpaired) electrons. The molecule has 0 saturated heterocycles. The maximum Gasteiger partial charge on any atom is 0.387 e. The van der Waals surface area contributed by atoms with Gasteiger partial charge in [-0.2, -0.15) is 8.78 Å². The number of halogens is 2. The number of hydrogen-bond acceptors (Lipinski definition) is 4. The highest BCUT2D eigenvalue weighted by Crippen LogP contribution is 2.22. The Balaban J connectivity index is 1.70. The minimum atomic E-state index is -2.89. The molecule has 3 rings (SSSR count). The molecule has 0 spiro atoms. The number of benzene rings is 2. The normalized spacial score (nSPS) is 10.5. The first kappa shape index (κ1) is 20.9. The van der Waals surface area contributed by atoms with Gasteiger partial charge in [-0.3, -0.25) is 14.6 Å². The second-order valence-electron chi connectivity index (χ2n) is 6.39. The first-order chi connectivity index (χ1) is 14.4. The van der Waals surface area contributed by atoms with E-state index in [9.17, 15) is 18.4 Å². The van der Waals surface area contributed by atoms with Gasteiger partial charge in [-0.25, -0.2) is 0 Å². The van der Waals surface area contributed by atoms with E-state index in [0.29, 0.717) is 22.4 Å². The van der Waals surface area contributed by atoms with Crippen LogP contribution in [0.1, 0.15) is 31.8 Å². The molecule has 2 amide bonds. The summed E-state index contributed by atoms with van der Waals surface area (Å²) in [6.07, 6.45) is 3.02. The first-order valence-electron chi connectivity index (χ1n) is 9.07. The molecule has 1 heterocycles. The van der Waals surface area contributed by atoms with Gasteiger partial charge < -0.3 is 15.4 Å². The summed E-state index contributed by atoms with van der Waals surface area (Å²) in [5.41, 5.74) is 2.59. The van der Waals surface area contributed by atoms with Gasteiger partial charge >= 0.3 is 6.61 Å². The van der Waals surface area contributed by atoms with Gasteiger partial charge in [-0.05, 0) is 48.4 Å². The minimum Gasteiger partial charge on any atom is -0.435 e. The van der Waals surface area contributed by atoms with Crippen LogP contribution in [0, 0.1) is 6.92 Å². The zero-order chi connectivity index (χ0) is 21.5. The summed E-state index contributed by atoms with van der Waals surface area (Å²) in [6.45, 7) is -0.919. The number of para-hydroxylation sites is 1. The largest absolute Gasteiger partial charge is 0.435 e. The van der Waals surface area contributed by atoms with Crippen LogP contribution in [0.3, 0.4) is 0 Å². The van der Waals surface area contributed by atoms with Gasteiger partial charge in [0.05, 0.1) is 11.3 Å². The van der Waals surface area contributed by atoms with E-state index in [2.05, 4.69) is 20.4 Å². The third-order valence-electron chi connectivity index (χ3n) is 4.30.